The van der Waals surface area contributed by atoms with Gasteiger partial charge in [-0.05, 0) is 30.2 Å². The normalized spacial score (nSPS) is 13.1. The lowest BCUT2D eigenvalue weighted by atomic mass is 9.74. The molecular weight excluding hydrogens is 484 g/mol. The summed E-state index contributed by atoms with van der Waals surface area (Å²) in [5.41, 5.74) is 1.41. The molecule has 1 aromatic rings. The number of phenols is 1. The van der Waals surface area contributed by atoms with E-state index in [9.17, 15) is 15.0 Å². The molecule has 0 aromatic heterocycles. The molecule has 0 saturated carbocycles. The van der Waals surface area contributed by atoms with Gasteiger partial charge in [-0.25, -0.2) is 4.79 Å². The number of aromatic carboxylic acids is 1. The molecule has 0 aliphatic rings. The maximum Gasteiger partial charge on any atom is 0.336 e. The largest absolute Gasteiger partial charge is 0.507 e. The van der Waals surface area contributed by atoms with Gasteiger partial charge in [-0.15, -0.1) is 0 Å². The SMILES string of the molecule is CCCCCCCCCCCCCCCCCCOC(C)c1c(C(=O)O)cc(C(C)(C)C)c(O)c1C(C)(C)C. The van der Waals surface area contributed by atoms with Crippen LogP contribution in [0.1, 0.15) is 191 Å². The van der Waals surface area contributed by atoms with Crippen LogP contribution in [-0.2, 0) is 15.6 Å². The standard InChI is InChI=1S/C35H62O4/c1-9-10-11-12-13-14-15-16-17-18-19-20-21-22-23-24-25-39-27(2)30-28(33(37)38)26-29(34(3,4)5)32(36)31(30)35(6,7)8/h26-27,36H,9-25H2,1-8H3,(H,37,38). The molecule has 1 aromatic carbocycles. The first-order valence-corrected chi connectivity index (χ1v) is 16.1. The van der Waals surface area contributed by atoms with Crippen LogP contribution in [0.4, 0.5) is 0 Å². The molecule has 0 aliphatic heterocycles. The highest BCUT2D eigenvalue weighted by Crippen LogP contribution is 2.45. The van der Waals surface area contributed by atoms with Crippen LogP contribution in [0.25, 0.3) is 0 Å². The van der Waals surface area contributed by atoms with Crippen LogP contribution in [0.15, 0.2) is 6.07 Å². The minimum Gasteiger partial charge on any atom is -0.507 e. The van der Waals surface area contributed by atoms with Crippen molar-refractivity contribution in [2.45, 2.75) is 175 Å². The predicted octanol–water partition coefficient (Wildman–Crippen LogP) is 11.0. The number of phenolic OH excluding ortho intramolecular Hbond substituents is 1. The van der Waals surface area contributed by atoms with Crippen LogP contribution in [0.3, 0.4) is 0 Å². The monoisotopic (exact) mass is 546 g/mol. The molecule has 1 unspecified atom stereocenters. The molecule has 2 N–H and O–H groups in total. The zero-order valence-electron chi connectivity index (χ0n) is 26.9. The summed E-state index contributed by atoms with van der Waals surface area (Å²) in [5, 5.41) is 21.3. The van der Waals surface area contributed by atoms with Gasteiger partial charge in [-0.2, -0.15) is 0 Å². The van der Waals surface area contributed by atoms with Gasteiger partial charge in [0, 0.05) is 23.3 Å². The maximum atomic E-state index is 12.3. The highest BCUT2D eigenvalue weighted by Gasteiger charge is 2.34. The van der Waals surface area contributed by atoms with Crippen molar-refractivity contribution in [3.63, 3.8) is 0 Å². The van der Waals surface area contributed by atoms with Gasteiger partial charge in [-0.3, -0.25) is 0 Å². The molecule has 0 aliphatic carbocycles. The average Bonchev–Trinajstić information content (AvgIpc) is 2.83. The van der Waals surface area contributed by atoms with Crippen molar-refractivity contribution in [2.24, 2.45) is 0 Å². The summed E-state index contributed by atoms with van der Waals surface area (Å²) in [6.07, 6.45) is 20.9. The van der Waals surface area contributed by atoms with E-state index in [1.807, 2.05) is 48.5 Å². The number of rotatable bonds is 20. The molecule has 39 heavy (non-hydrogen) atoms. The Kier molecular flexibility index (Phi) is 16.4. The molecule has 0 fully saturated rings. The third-order valence-electron chi connectivity index (χ3n) is 7.90. The molecule has 4 nitrogen and oxygen atoms in total. The summed E-state index contributed by atoms with van der Waals surface area (Å²) in [4.78, 5) is 12.3. The zero-order chi connectivity index (χ0) is 29.5. The van der Waals surface area contributed by atoms with Crippen molar-refractivity contribution in [3.05, 3.63) is 28.3 Å². The molecule has 4 heteroatoms. The summed E-state index contributed by atoms with van der Waals surface area (Å²) >= 11 is 0. The fourth-order valence-corrected chi connectivity index (χ4v) is 5.61. The Morgan fingerprint density at radius 1 is 0.744 bits per heavy atom. The van der Waals surface area contributed by atoms with E-state index in [1.165, 1.54) is 89.9 Å². The Bertz CT molecular complexity index is 829. The number of benzene rings is 1. The lowest BCUT2D eigenvalue weighted by Gasteiger charge is -2.32. The van der Waals surface area contributed by atoms with E-state index >= 15 is 0 Å². The number of ether oxygens (including phenoxy) is 1. The Hall–Kier alpha value is -1.55. The van der Waals surface area contributed by atoms with E-state index in [1.54, 1.807) is 6.07 Å². The second-order valence-electron chi connectivity index (χ2n) is 13.7. The highest BCUT2D eigenvalue weighted by molar-refractivity contribution is 5.91. The summed E-state index contributed by atoms with van der Waals surface area (Å²) in [6.45, 7) is 16.8. The van der Waals surface area contributed by atoms with Crippen LogP contribution < -0.4 is 0 Å². The van der Waals surface area contributed by atoms with Gasteiger partial charge in [-0.1, -0.05) is 145 Å². The van der Waals surface area contributed by atoms with Crippen LogP contribution in [0.2, 0.25) is 0 Å². The number of hydrogen-bond donors (Lipinski definition) is 2. The fourth-order valence-electron chi connectivity index (χ4n) is 5.61. The number of unbranched alkanes of at least 4 members (excludes halogenated alkanes) is 15. The number of hydrogen-bond acceptors (Lipinski definition) is 3. The van der Waals surface area contributed by atoms with Crippen molar-refractivity contribution >= 4 is 5.97 Å². The average molecular weight is 547 g/mol. The Labute approximate surface area is 241 Å². The summed E-state index contributed by atoms with van der Waals surface area (Å²) in [7, 11) is 0. The first kappa shape index (κ1) is 35.5. The Morgan fingerprint density at radius 3 is 1.51 bits per heavy atom. The molecule has 0 spiro atoms. The quantitative estimate of drug-likeness (QED) is 0.160. The molecule has 1 atom stereocenters. The zero-order valence-corrected chi connectivity index (χ0v) is 26.9. The van der Waals surface area contributed by atoms with Gasteiger partial charge in [0.25, 0.3) is 0 Å². The lowest BCUT2D eigenvalue weighted by Crippen LogP contribution is -2.24. The van der Waals surface area contributed by atoms with E-state index in [4.69, 9.17) is 4.74 Å². The van der Waals surface area contributed by atoms with Crippen LogP contribution in [0, 0.1) is 0 Å². The van der Waals surface area contributed by atoms with E-state index in [-0.39, 0.29) is 16.7 Å². The topological polar surface area (TPSA) is 66.8 Å². The number of carbonyl (C=O) groups is 1. The summed E-state index contributed by atoms with van der Waals surface area (Å²) in [5.74, 6) is -0.772. The van der Waals surface area contributed by atoms with Gasteiger partial charge >= 0.3 is 5.97 Å². The van der Waals surface area contributed by atoms with Crippen molar-refractivity contribution < 1.29 is 19.7 Å². The molecule has 0 amide bonds. The second-order valence-corrected chi connectivity index (χ2v) is 13.7. The Balaban J connectivity index is 2.43. The van der Waals surface area contributed by atoms with Gasteiger partial charge in [0.05, 0.1) is 11.7 Å². The van der Waals surface area contributed by atoms with Crippen LogP contribution >= 0.6 is 0 Å². The van der Waals surface area contributed by atoms with Crippen molar-refractivity contribution in [2.75, 3.05) is 6.61 Å². The lowest BCUT2D eigenvalue weighted by molar-refractivity contribution is 0.0565. The molecule has 0 bridgehead atoms. The summed E-state index contributed by atoms with van der Waals surface area (Å²) in [6, 6.07) is 1.65. The van der Waals surface area contributed by atoms with E-state index < -0.39 is 17.5 Å². The van der Waals surface area contributed by atoms with Crippen molar-refractivity contribution in [1.29, 1.82) is 0 Å². The number of carboxylic acid groups (broad SMARTS) is 1. The van der Waals surface area contributed by atoms with Crippen LogP contribution in [0.5, 0.6) is 5.75 Å². The maximum absolute atomic E-state index is 12.3. The van der Waals surface area contributed by atoms with Crippen molar-refractivity contribution in [1.82, 2.24) is 0 Å². The van der Waals surface area contributed by atoms with Crippen molar-refractivity contribution in [3.8, 4) is 5.75 Å². The predicted molar refractivity (Wildman–Crippen MR) is 166 cm³/mol. The number of carboxylic acids is 1. The molecule has 226 valence electrons. The fraction of sp³-hybridized carbons (Fsp3) is 0.800. The van der Waals surface area contributed by atoms with Gasteiger partial charge in [0.2, 0.25) is 0 Å². The van der Waals surface area contributed by atoms with Gasteiger partial charge < -0.3 is 14.9 Å². The molecule has 0 saturated heterocycles. The molecular formula is C35H62O4. The minimum absolute atomic E-state index is 0.202. The first-order chi connectivity index (χ1) is 18.3. The molecule has 1 rings (SSSR count). The number of aromatic hydroxyl groups is 1. The minimum atomic E-state index is -0.973. The van der Waals surface area contributed by atoms with E-state index in [0.29, 0.717) is 23.3 Å². The second kappa shape index (κ2) is 18.0. The molecule has 0 heterocycles. The smallest absolute Gasteiger partial charge is 0.336 e. The van der Waals surface area contributed by atoms with Crippen LogP contribution in [-0.4, -0.2) is 22.8 Å². The van der Waals surface area contributed by atoms with Gasteiger partial charge in [0.1, 0.15) is 5.75 Å². The summed E-state index contributed by atoms with van der Waals surface area (Å²) < 4.78 is 6.18. The highest BCUT2D eigenvalue weighted by atomic mass is 16.5. The van der Waals surface area contributed by atoms with Gasteiger partial charge in [0.15, 0.2) is 0 Å². The Morgan fingerprint density at radius 2 is 1.15 bits per heavy atom. The van der Waals surface area contributed by atoms with E-state index in [2.05, 4.69) is 6.92 Å². The van der Waals surface area contributed by atoms with E-state index in [0.717, 1.165) is 12.8 Å². The molecule has 0 radical (unpaired) electrons. The third kappa shape index (κ3) is 13.1. The third-order valence-corrected chi connectivity index (χ3v) is 7.90. The first-order valence-electron chi connectivity index (χ1n) is 16.1.